The summed E-state index contributed by atoms with van der Waals surface area (Å²) in [5, 5.41) is 9.11. The molecule has 1 aromatic carbocycles. The van der Waals surface area contributed by atoms with Crippen molar-refractivity contribution >= 4 is 35.8 Å². The van der Waals surface area contributed by atoms with E-state index in [0.29, 0.717) is 31.2 Å². The molecule has 1 saturated carbocycles. The maximum absolute atomic E-state index is 12.0. The first-order chi connectivity index (χ1) is 12.9. The van der Waals surface area contributed by atoms with Gasteiger partial charge in [-0.1, -0.05) is 24.3 Å². The largest absolute Gasteiger partial charge is 0.411 e. The van der Waals surface area contributed by atoms with Crippen LogP contribution in [0, 0.1) is 5.92 Å². The fourth-order valence-corrected chi connectivity index (χ4v) is 2.30. The number of carbonyl (C=O) groups excluding carboxylic acids is 1. The van der Waals surface area contributed by atoms with Crippen LogP contribution in [0.25, 0.3) is 0 Å². The number of amides is 1. The fraction of sp³-hybridized carbons (Fsp3) is 0.556. The fourth-order valence-electron chi connectivity index (χ4n) is 2.30. The van der Waals surface area contributed by atoms with Gasteiger partial charge in [-0.2, -0.15) is 13.2 Å². The SMILES string of the molecule is CN=C(NCCNC(=O)C1CC1)NCc1ccc(COCC(F)(F)F)cc1.I. The standard InChI is InChI=1S/C18H25F3N4O2.HI/c1-22-17(24-9-8-23-16(26)15-6-7-15)25-10-13-2-4-14(5-3-13)11-27-12-18(19,20)21;/h2-5,15H,6-12H2,1H3,(H,23,26)(H2,22,24,25);1H. The van der Waals surface area contributed by atoms with Crippen LogP contribution in [-0.4, -0.2) is 44.8 Å². The van der Waals surface area contributed by atoms with E-state index in [2.05, 4.69) is 25.7 Å². The van der Waals surface area contributed by atoms with Crippen LogP contribution >= 0.6 is 24.0 Å². The molecule has 10 heteroatoms. The van der Waals surface area contributed by atoms with Crippen molar-refractivity contribution in [1.82, 2.24) is 16.0 Å². The number of alkyl halides is 3. The minimum atomic E-state index is -4.31. The predicted molar refractivity (Wildman–Crippen MR) is 112 cm³/mol. The van der Waals surface area contributed by atoms with Crippen molar-refractivity contribution in [3.63, 3.8) is 0 Å². The Balaban J connectivity index is 0.00000392. The molecule has 0 spiro atoms. The number of nitrogens with one attached hydrogen (secondary N) is 3. The first-order valence-corrected chi connectivity index (χ1v) is 8.82. The van der Waals surface area contributed by atoms with Crippen molar-refractivity contribution in [3.05, 3.63) is 35.4 Å². The molecule has 2 rings (SSSR count). The molecule has 0 heterocycles. The minimum absolute atomic E-state index is 0. The van der Waals surface area contributed by atoms with Gasteiger partial charge in [0.05, 0.1) is 6.61 Å². The third-order valence-corrected chi connectivity index (χ3v) is 3.91. The Hall–Kier alpha value is -1.56. The number of aliphatic imine (C=N–C) groups is 1. The van der Waals surface area contributed by atoms with Crippen molar-refractivity contribution < 1.29 is 22.7 Å². The summed E-state index contributed by atoms with van der Waals surface area (Å²) >= 11 is 0. The molecule has 0 saturated heterocycles. The molecule has 0 bridgehead atoms. The van der Waals surface area contributed by atoms with Crippen molar-refractivity contribution in [2.45, 2.75) is 32.2 Å². The average molecular weight is 514 g/mol. The lowest BCUT2D eigenvalue weighted by Crippen LogP contribution is -2.41. The Bertz CT molecular complexity index is 635. The molecule has 0 radical (unpaired) electrons. The lowest BCUT2D eigenvalue weighted by atomic mass is 10.1. The van der Waals surface area contributed by atoms with Gasteiger partial charge < -0.3 is 20.7 Å². The zero-order chi connectivity index (χ0) is 19.7. The third-order valence-electron chi connectivity index (χ3n) is 3.91. The highest BCUT2D eigenvalue weighted by Gasteiger charge is 2.29. The van der Waals surface area contributed by atoms with Crippen LogP contribution < -0.4 is 16.0 Å². The van der Waals surface area contributed by atoms with Crippen molar-refractivity contribution in [3.8, 4) is 0 Å². The van der Waals surface area contributed by atoms with Crippen LogP contribution in [0.1, 0.15) is 24.0 Å². The van der Waals surface area contributed by atoms with Gasteiger partial charge in [0, 0.05) is 32.6 Å². The summed E-state index contributed by atoms with van der Waals surface area (Å²) in [5.74, 6) is 0.913. The highest BCUT2D eigenvalue weighted by molar-refractivity contribution is 14.0. The average Bonchev–Trinajstić information content (AvgIpc) is 3.46. The molecule has 1 amide bonds. The second-order valence-corrected chi connectivity index (χ2v) is 6.34. The van der Waals surface area contributed by atoms with Crippen LogP contribution in [0.5, 0.6) is 0 Å². The topological polar surface area (TPSA) is 74.8 Å². The van der Waals surface area contributed by atoms with Gasteiger partial charge >= 0.3 is 6.18 Å². The van der Waals surface area contributed by atoms with Gasteiger partial charge in [0.15, 0.2) is 5.96 Å². The number of hydrogen-bond donors (Lipinski definition) is 3. The van der Waals surface area contributed by atoms with Gasteiger partial charge in [0.25, 0.3) is 0 Å². The lowest BCUT2D eigenvalue weighted by Gasteiger charge is -2.13. The van der Waals surface area contributed by atoms with Gasteiger partial charge in [0.1, 0.15) is 6.61 Å². The highest BCUT2D eigenvalue weighted by atomic mass is 127. The van der Waals surface area contributed by atoms with Crippen LogP contribution in [0.4, 0.5) is 13.2 Å². The minimum Gasteiger partial charge on any atom is -0.367 e. The van der Waals surface area contributed by atoms with E-state index in [0.717, 1.165) is 18.4 Å². The second kappa shape index (κ2) is 12.1. The predicted octanol–water partition coefficient (Wildman–Crippen LogP) is 2.57. The molecule has 0 aromatic heterocycles. The van der Waals surface area contributed by atoms with Gasteiger partial charge in [-0.15, -0.1) is 24.0 Å². The van der Waals surface area contributed by atoms with E-state index in [1.165, 1.54) is 0 Å². The Morgan fingerprint density at radius 1 is 1.11 bits per heavy atom. The van der Waals surface area contributed by atoms with E-state index < -0.39 is 12.8 Å². The number of carbonyl (C=O) groups is 1. The highest BCUT2D eigenvalue weighted by Crippen LogP contribution is 2.28. The summed E-state index contributed by atoms with van der Waals surface area (Å²) in [6, 6.07) is 7.11. The molecule has 1 aromatic rings. The molecule has 158 valence electrons. The first kappa shape index (κ1) is 24.5. The number of nitrogens with zero attached hydrogens (tertiary/aromatic N) is 1. The number of guanidine groups is 1. The Morgan fingerprint density at radius 2 is 1.71 bits per heavy atom. The van der Waals surface area contributed by atoms with Crippen molar-refractivity contribution in [2.75, 3.05) is 26.7 Å². The normalized spacial score (nSPS) is 14.2. The summed E-state index contributed by atoms with van der Waals surface area (Å²) < 4.78 is 40.8. The monoisotopic (exact) mass is 514 g/mol. The van der Waals surface area contributed by atoms with Crippen LogP contribution in [-0.2, 0) is 22.7 Å². The van der Waals surface area contributed by atoms with E-state index in [-0.39, 0.29) is 42.4 Å². The van der Waals surface area contributed by atoms with E-state index in [1.807, 2.05) is 12.1 Å². The molecule has 6 nitrogen and oxygen atoms in total. The zero-order valence-corrected chi connectivity index (χ0v) is 18.0. The molecule has 3 N–H and O–H groups in total. The van der Waals surface area contributed by atoms with Crippen LogP contribution in [0.3, 0.4) is 0 Å². The van der Waals surface area contributed by atoms with E-state index in [1.54, 1.807) is 19.2 Å². The number of hydrogen-bond acceptors (Lipinski definition) is 3. The zero-order valence-electron chi connectivity index (χ0n) is 15.6. The van der Waals surface area contributed by atoms with Crippen LogP contribution in [0.15, 0.2) is 29.3 Å². The molecule has 0 atom stereocenters. The second-order valence-electron chi connectivity index (χ2n) is 6.34. The number of benzene rings is 1. The molecule has 0 unspecified atom stereocenters. The Morgan fingerprint density at radius 3 is 2.29 bits per heavy atom. The summed E-state index contributed by atoms with van der Waals surface area (Å²) in [5.41, 5.74) is 1.64. The maximum atomic E-state index is 12.0. The maximum Gasteiger partial charge on any atom is 0.411 e. The molecular weight excluding hydrogens is 488 g/mol. The molecule has 1 aliphatic rings. The number of rotatable bonds is 9. The Labute approximate surface area is 179 Å². The van der Waals surface area contributed by atoms with Crippen molar-refractivity contribution in [1.29, 1.82) is 0 Å². The van der Waals surface area contributed by atoms with E-state index in [4.69, 9.17) is 0 Å². The molecule has 0 aliphatic heterocycles. The Kier molecular flexibility index (Phi) is 10.6. The van der Waals surface area contributed by atoms with Gasteiger partial charge in [-0.25, -0.2) is 0 Å². The molecule has 1 fully saturated rings. The van der Waals surface area contributed by atoms with E-state index >= 15 is 0 Å². The van der Waals surface area contributed by atoms with Gasteiger partial charge in [0.2, 0.25) is 5.91 Å². The van der Waals surface area contributed by atoms with Gasteiger partial charge in [-0.05, 0) is 24.0 Å². The summed E-state index contributed by atoms with van der Waals surface area (Å²) in [6.45, 7) is 0.274. The van der Waals surface area contributed by atoms with Crippen molar-refractivity contribution in [2.24, 2.45) is 10.9 Å². The quantitative estimate of drug-likeness (QED) is 0.205. The molecule has 28 heavy (non-hydrogen) atoms. The molecular formula is C18H26F3IN4O2. The summed E-state index contributed by atoms with van der Waals surface area (Å²) in [7, 11) is 1.65. The summed E-state index contributed by atoms with van der Waals surface area (Å²) in [4.78, 5) is 15.6. The van der Waals surface area contributed by atoms with E-state index in [9.17, 15) is 18.0 Å². The number of ether oxygens (including phenoxy) is 1. The smallest absolute Gasteiger partial charge is 0.367 e. The lowest BCUT2D eigenvalue weighted by molar-refractivity contribution is -0.176. The molecule has 1 aliphatic carbocycles. The summed E-state index contributed by atoms with van der Waals surface area (Å²) in [6.07, 6.45) is -2.35. The van der Waals surface area contributed by atoms with Crippen LogP contribution in [0.2, 0.25) is 0 Å². The third kappa shape index (κ3) is 10.1. The van der Waals surface area contributed by atoms with Gasteiger partial charge in [-0.3, -0.25) is 9.79 Å². The first-order valence-electron chi connectivity index (χ1n) is 8.82. The number of halogens is 4.